The fourth-order valence-electron chi connectivity index (χ4n) is 1.14. The molecule has 2 unspecified atom stereocenters. The van der Waals surface area contributed by atoms with Crippen LogP contribution in [-0.4, -0.2) is 29.6 Å². The molecule has 0 bridgehead atoms. The van der Waals surface area contributed by atoms with Crippen molar-refractivity contribution in [3.05, 3.63) is 12.7 Å². The highest BCUT2D eigenvalue weighted by Crippen LogP contribution is 2.02. The van der Waals surface area contributed by atoms with Crippen molar-refractivity contribution in [2.75, 3.05) is 6.54 Å². The highest BCUT2D eigenvalue weighted by molar-refractivity contribution is 5.85. The molecule has 0 aliphatic rings. The van der Waals surface area contributed by atoms with Crippen LogP contribution in [0.15, 0.2) is 12.7 Å². The Morgan fingerprint density at radius 2 is 2.20 bits per heavy atom. The zero-order valence-corrected chi connectivity index (χ0v) is 8.90. The van der Waals surface area contributed by atoms with E-state index in [4.69, 9.17) is 10.8 Å². The second-order valence-electron chi connectivity index (χ2n) is 3.26. The average molecular weight is 214 g/mol. The van der Waals surface area contributed by atoms with Crippen molar-refractivity contribution in [1.82, 2.24) is 5.32 Å². The predicted molar refractivity (Wildman–Crippen MR) is 57.2 cm³/mol. The van der Waals surface area contributed by atoms with Gasteiger partial charge in [0.25, 0.3) is 0 Å². The first kappa shape index (κ1) is 13.6. The molecule has 5 nitrogen and oxygen atoms in total. The minimum absolute atomic E-state index is 0.210. The third-order valence-electron chi connectivity index (χ3n) is 2.17. The number of amides is 1. The molecule has 0 heterocycles. The normalized spacial score (nSPS) is 14.0. The van der Waals surface area contributed by atoms with E-state index in [0.29, 0.717) is 6.42 Å². The minimum Gasteiger partial charge on any atom is -0.480 e. The lowest BCUT2D eigenvalue weighted by Crippen LogP contribution is -2.44. The monoisotopic (exact) mass is 214 g/mol. The number of carbonyl (C=O) groups is 2. The van der Waals surface area contributed by atoms with E-state index in [1.165, 1.54) is 6.08 Å². The third-order valence-corrected chi connectivity index (χ3v) is 2.17. The first-order valence-corrected chi connectivity index (χ1v) is 4.90. The molecule has 0 saturated carbocycles. The van der Waals surface area contributed by atoms with E-state index in [1.807, 2.05) is 6.92 Å². The smallest absolute Gasteiger partial charge is 0.326 e. The molecular weight excluding hydrogens is 196 g/mol. The molecule has 0 aromatic heterocycles. The van der Waals surface area contributed by atoms with E-state index in [1.54, 1.807) is 0 Å². The van der Waals surface area contributed by atoms with Crippen molar-refractivity contribution in [1.29, 1.82) is 0 Å². The Morgan fingerprint density at radius 3 is 2.53 bits per heavy atom. The van der Waals surface area contributed by atoms with Crippen molar-refractivity contribution >= 4 is 11.9 Å². The van der Waals surface area contributed by atoms with Crippen LogP contribution in [0.1, 0.15) is 19.8 Å². The lowest BCUT2D eigenvalue weighted by atomic mass is 10.1. The number of rotatable bonds is 7. The van der Waals surface area contributed by atoms with Gasteiger partial charge in [-0.2, -0.15) is 0 Å². The van der Waals surface area contributed by atoms with Crippen LogP contribution in [-0.2, 0) is 9.59 Å². The van der Waals surface area contributed by atoms with Gasteiger partial charge in [-0.15, -0.1) is 6.58 Å². The molecule has 86 valence electrons. The summed E-state index contributed by atoms with van der Waals surface area (Å²) in [5.74, 6) is -1.69. The second-order valence-corrected chi connectivity index (χ2v) is 3.26. The number of hydrogen-bond acceptors (Lipinski definition) is 3. The molecule has 0 aromatic rings. The predicted octanol–water partition coefficient (Wildman–Crippen LogP) is 0.117. The second kappa shape index (κ2) is 7.00. The molecule has 0 radical (unpaired) electrons. The van der Waals surface area contributed by atoms with E-state index in [-0.39, 0.29) is 24.8 Å². The van der Waals surface area contributed by atoms with Crippen LogP contribution in [0.5, 0.6) is 0 Å². The first-order valence-electron chi connectivity index (χ1n) is 4.90. The highest BCUT2D eigenvalue weighted by Gasteiger charge is 2.22. The summed E-state index contributed by atoms with van der Waals surface area (Å²) in [6, 6.07) is -0.907. The summed E-state index contributed by atoms with van der Waals surface area (Å²) in [7, 11) is 0. The Balaban J connectivity index is 4.33. The Kier molecular flexibility index (Phi) is 6.37. The molecule has 5 heteroatoms. The van der Waals surface area contributed by atoms with Gasteiger partial charge in [-0.05, 0) is 12.8 Å². The molecule has 0 aliphatic carbocycles. The summed E-state index contributed by atoms with van der Waals surface area (Å²) >= 11 is 0. The summed E-state index contributed by atoms with van der Waals surface area (Å²) in [4.78, 5) is 22.2. The molecule has 0 aromatic carbocycles. The molecule has 0 fully saturated rings. The van der Waals surface area contributed by atoms with Gasteiger partial charge in [0.1, 0.15) is 6.04 Å². The zero-order valence-electron chi connectivity index (χ0n) is 8.90. The lowest BCUT2D eigenvalue weighted by Gasteiger charge is -2.17. The van der Waals surface area contributed by atoms with Crippen molar-refractivity contribution in [2.24, 2.45) is 11.7 Å². The molecular formula is C10H18N2O3. The van der Waals surface area contributed by atoms with Crippen LogP contribution in [0.2, 0.25) is 0 Å². The van der Waals surface area contributed by atoms with Gasteiger partial charge < -0.3 is 16.2 Å². The molecule has 0 rings (SSSR count). The Hall–Kier alpha value is -1.36. The Bertz CT molecular complexity index is 237. The molecule has 1 amide bonds. The van der Waals surface area contributed by atoms with Crippen molar-refractivity contribution in [3.8, 4) is 0 Å². The zero-order chi connectivity index (χ0) is 11.8. The maximum Gasteiger partial charge on any atom is 0.326 e. The van der Waals surface area contributed by atoms with E-state index in [0.717, 1.165) is 0 Å². The van der Waals surface area contributed by atoms with E-state index < -0.39 is 12.0 Å². The standard InChI is InChI=1S/C10H18N2O3/c1-3-5-8(10(14)15)12-9(13)7(4-2)6-11/h3,7-8H,1,4-6,11H2,2H3,(H,12,13)(H,14,15). The van der Waals surface area contributed by atoms with Crippen LogP contribution >= 0.6 is 0 Å². The summed E-state index contributed by atoms with van der Waals surface area (Å²) in [5, 5.41) is 11.2. The van der Waals surface area contributed by atoms with Crippen LogP contribution in [0.25, 0.3) is 0 Å². The van der Waals surface area contributed by atoms with Crippen molar-refractivity contribution in [2.45, 2.75) is 25.8 Å². The van der Waals surface area contributed by atoms with E-state index >= 15 is 0 Å². The molecule has 0 saturated heterocycles. The third kappa shape index (κ3) is 4.60. The summed E-state index contributed by atoms with van der Waals surface area (Å²) in [5.41, 5.74) is 5.38. The van der Waals surface area contributed by atoms with Crippen molar-refractivity contribution < 1.29 is 14.7 Å². The van der Waals surface area contributed by atoms with Crippen molar-refractivity contribution in [3.63, 3.8) is 0 Å². The lowest BCUT2D eigenvalue weighted by molar-refractivity contribution is -0.142. The first-order chi connectivity index (χ1) is 7.06. The number of carboxylic acids is 1. The summed E-state index contributed by atoms with van der Waals surface area (Å²) < 4.78 is 0. The van der Waals surface area contributed by atoms with E-state index in [2.05, 4.69) is 11.9 Å². The fraction of sp³-hybridized carbons (Fsp3) is 0.600. The number of nitrogens with two attached hydrogens (primary N) is 1. The number of carbonyl (C=O) groups excluding carboxylic acids is 1. The van der Waals surface area contributed by atoms with Crippen LogP contribution in [0.4, 0.5) is 0 Å². The molecule has 15 heavy (non-hydrogen) atoms. The SMILES string of the molecule is C=CCC(NC(=O)C(CC)CN)C(=O)O. The fourth-order valence-corrected chi connectivity index (χ4v) is 1.14. The topological polar surface area (TPSA) is 92.4 Å². The Labute approximate surface area is 89.3 Å². The van der Waals surface area contributed by atoms with Gasteiger partial charge in [0.15, 0.2) is 0 Å². The van der Waals surface area contributed by atoms with Gasteiger partial charge in [0, 0.05) is 12.5 Å². The number of aliphatic carboxylic acids is 1. The van der Waals surface area contributed by atoms with Gasteiger partial charge in [-0.25, -0.2) is 4.79 Å². The quantitative estimate of drug-likeness (QED) is 0.525. The average Bonchev–Trinajstić information content (AvgIpc) is 2.18. The molecule has 0 aliphatic heterocycles. The minimum atomic E-state index is -1.06. The maximum atomic E-state index is 11.5. The van der Waals surface area contributed by atoms with Crippen LogP contribution < -0.4 is 11.1 Å². The maximum absolute atomic E-state index is 11.5. The number of nitrogens with one attached hydrogen (secondary N) is 1. The number of hydrogen-bond donors (Lipinski definition) is 3. The van der Waals surface area contributed by atoms with E-state index in [9.17, 15) is 9.59 Å². The van der Waals surface area contributed by atoms with Crippen LogP contribution in [0, 0.1) is 5.92 Å². The number of carboxylic acid groups (broad SMARTS) is 1. The van der Waals surface area contributed by atoms with Crippen LogP contribution in [0.3, 0.4) is 0 Å². The van der Waals surface area contributed by atoms with Gasteiger partial charge in [-0.3, -0.25) is 4.79 Å². The van der Waals surface area contributed by atoms with Gasteiger partial charge in [0.2, 0.25) is 5.91 Å². The highest BCUT2D eigenvalue weighted by atomic mass is 16.4. The molecule has 0 spiro atoms. The van der Waals surface area contributed by atoms with Gasteiger partial charge in [0.05, 0.1) is 0 Å². The Morgan fingerprint density at radius 1 is 1.60 bits per heavy atom. The molecule has 4 N–H and O–H groups in total. The van der Waals surface area contributed by atoms with Gasteiger partial charge >= 0.3 is 5.97 Å². The largest absolute Gasteiger partial charge is 0.480 e. The summed E-state index contributed by atoms with van der Waals surface area (Å²) in [6.45, 7) is 5.49. The molecule has 2 atom stereocenters. The van der Waals surface area contributed by atoms with Gasteiger partial charge in [-0.1, -0.05) is 13.0 Å². The summed E-state index contributed by atoms with van der Waals surface area (Å²) in [6.07, 6.45) is 2.27.